The topological polar surface area (TPSA) is 58.6 Å². The zero-order valence-electron chi connectivity index (χ0n) is 19.2. The predicted octanol–water partition coefficient (Wildman–Crippen LogP) is 5.25. The maximum Gasteiger partial charge on any atom is 0.261 e. The van der Waals surface area contributed by atoms with E-state index in [-0.39, 0.29) is 36.8 Å². The largest absolute Gasteiger partial charge is 0.483 e. The molecular formula is C25H32BrFN2O3. The van der Waals surface area contributed by atoms with Crippen LogP contribution in [0.5, 0.6) is 5.75 Å². The van der Waals surface area contributed by atoms with E-state index in [0.29, 0.717) is 12.2 Å². The third-order valence-electron chi connectivity index (χ3n) is 5.41. The summed E-state index contributed by atoms with van der Waals surface area (Å²) in [4.78, 5) is 27.6. The number of ether oxygens (including phenoxy) is 1. The predicted molar refractivity (Wildman–Crippen MR) is 128 cm³/mol. The molecule has 0 aliphatic rings. The monoisotopic (exact) mass is 506 g/mol. The number of benzene rings is 2. The number of amides is 2. The van der Waals surface area contributed by atoms with Crippen LogP contribution in [0, 0.1) is 5.82 Å². The molecule has 2 amide bonds. The maximum absolute atomic E-state index is 13.3. The maximum atomic E-state index is 13.3. The van der Waals surface area contributed by atoms with Crippen molar-refractivity contribution >= 4 is 27.7 Å². The van der Waals surface area contributed by atoms with E-state index in [9.17, 15) is 14.0 Å². The molecule has 0 bridgehead atoms. The minimum absolute atomic E-state index is 0.00334. The lowest BCUT2D eigenvalue weighted by atomic mass is 10.1. The summed E-state index contributed by atoms with van der Waals surface area (Å²) in [5, 5.41) is 2.97. The van der Waals surface area contributed by atoms with Crippen LogP contribution in [-0.4, -0.2) is 35.4 Å². The summed E-state index contributed by atoms with van der Waals surface area (Å²) in [6.45, 7) is 7.82. The van der Waals surface area contributed by atoms with Crippen LogP contribution in [0.2, 0.25) is 0 Å². The van der Waals surface area contributed by atoms with Crippen molar-refractivity contribution in [1.29, 1.82) is 0 Å². The smallest absolute Gasteiger partial charge is 0.261 e. The van der Waals surface area contributed by atoms with Crippen LogP contribution in [0.1, 0.15) is 51.7 Å². The number of hydrogen-bond donors (Lipinski definition) is 1. The standard InChI is InChI=1S/C25H32BrFN2O3/c1-5-17(4)28-25(31)22(7-3)29(15-19-8-11-20(27)12-9-19)24(30)16-32-23-13-10-18(6-2)14-21(23)26/h8-14,17,22H,5-7,15-16H2,1-4H3,(H,28,31)/t17-,22-/m0/s1. The molecule has 0 saturated heterocycles. The Morgan fingerprint density at radius 2 is 1.72 bits per heavy atom. The summed E-state index contributed by atoms with van der Waals surface area (Å²) in [7, 11) is 0. The van der Waals surface area contributed by atoms with Crippen LogP contribution in [-0.2, 0) is 22.6 Å². The van der Waals surface area contributed by atoms with Crippen molar-refractivity contribution in [1.82, 2.24) is 10.2 Å². The number of hydrogen-bond acceptors (Lipinski definition) is 3. The van der Waals surface area contributed by atoms with E-state index in [4.69, 9.17) is 4.74 Å². The lowest BCUT2D eigenvalue weighted by Crippen LogP contribution is -2.51. The quantitative estimate of drug-likeness (QED) is 0.452. The van der Waals surface area contributed by atoms with Crippen molar-refractivity contribution in [3.8, 4) is 5.75 Å². The Hall–Kier alpha value is -2.41. The van der Waals surface area contributed by atoms with Crippen molar-refractivity contribution < 1.29 is 18.7 Å². The number of halogens is 2. The molecule has 7 heteroatoms. The highest BCUT2D eigenvalue weighted by Crippen LogP contribution is 2.26. The highest BCUT2D eigenvalue weighted by molar-refractivity contribution is 9.10. The molecule has 174 valence electrons. The Labute approximate surface area is 198 Å². The molecule has 0 unspecified atom stereocenters. The fourth-order valence-electron chi connectivity index (χ4n) is 3.25. The lowest BCUT2D eigenvalue weighted by molar-refractivity contribution is -0.143. The molecule has 32 heavy (non-hydrogen) atoms. The van der Waals surface area contributed by atoms with E-state index < -0.39 is 6.04 Å². The number of rotatable bonds is 11. The molecule has 2 aromatic carbocycles. The number of nitrogens with zero attached hydrogens (tertiary/aromatic N) is 1. The first-order valence-electron chi connectivity index (χ1n) is 11.0. The molecule has 0 aromatic heterocycles. The van der Waals surface area contributed by atoms with Gasteiger partial charge in [-0.1, -0.05) is 39.0 Å². The average Bonchev–Trinajstić information content (AvgIpc) is 2.78. The van der Waals surface area contributed by atoms with E-state index in [0.717, 1.165) is 28.4 Å². The average molecular weight is 507 g/mol. The van der Waals surface area contributed by atoms with Crippen LogP contribution >= 0.6 is 15.9 Å². The van der Waals surface area contributed by atoms with Gasteiger partial charge < -0.3 is 15.0 Å². The molecule has 0 heterocycles. The fourth-order valence-corrected chi connectivity index (χ4v) is 3.79. The van der Waals surface area contributed by atoms with Gasteiger partial charge in [0.2, 0.25) is 5.91 Å². The molecule has 2 rings (SSSR count). The van der Waals surface area contributed by atoms with Crippen LogP contribution < -0.4 is 10.1 Å². The van der Waals surface area contributed by atoms with Gasteiger partial charge in [0, 0.05) is 12.6 Å². The number of carbonyl (C=O) groups excluding carboxylic acids is 2. The van der Waals surface area contributed by atoms with Crippen molar-refractivity contribution in [2.45, 2.75) is 65.6 Å². The second-order valence-corrected chi connectivity index (χ2v) is 8.65. The summed E-state index contributed by atoms with van der Waals surface area (Å²) < 4.78 is 19.9. The molecule has 0 radical (unpaired) electrons. The number of aryl methyl sites for hydroxylation is 1. The minimum atomic E-state index is -0.656. The van der Waals surface area contributed by atoms with Crippen LogP contribution in [0.4, 0.5) is 4.39 Å². The minimum Gasteiger partial charge on any atom is -0.483 e. The molecule has 5 nitrogen and oxygen atoms in total. The molecule has 0 spiro atoms. The molecule has 0 aliphatic carbocycles. The Morgan fingerprint density at radius 1 is 1.06 bits per heavy atom. The highest BCUT2D eigenvalue weighted by Gasteiger charge is 2.29. The van der Waals surface area contributed by atoms with Gasteiger partial charge in [0.1, 0.15) is 17.6 Å². The Morgan fingerprint density at radius 3 is 2.28 bits per heavy atom. The zero-order valence-corrected chi connectivity index (χ0v) is 20.7. The first kappa shape index (κ1) is 25.8. The van der Waals surface area contributed by atoms with Crippen molar-refractivity contribution in [2.24, 2.45) is 0 Å². The first-order valence-corrected chi connectivity index (χ1v) is 11.8. The van der Waals surface area contributed by atoms with E-state index >= 15 is 0 Å². The van der Waals surface area contributed by atoms with Crippen molar-refractivity contribution in [2.75, 3.05) is 6.61 Å². The third kappa shape index (κ3) is 7.33. The molecule has 0 aliphatic heterocycles. The number of nitrogens with one attached hydrogen (secondary N) is 1. The van der Waals surface area contributed by atoms with Gasteiger partial charge in [-0.2, -0.15) is 0 Å². The van der Waals surface area contributed by atoms with Gasteiger partial charge in [-0.05, 0) is 77.5 Å². The summed E-state index contributed by atoms with van der Waals surface area (Å²) in [6, 6.07) is 11.0. The van der Waals surface area contributed by atoms with Gasteiger partial charge in [-0.15, -0.1) is 0 Å². The van der Waals surface area contributed by atoms with Crippen molar-refractivity contribution in [3.63, 3.8) is 0 Å². The van der Waals surface area contributed by atoms with E-state index in [1.807, 2.05) is 39.0 Å². The highest BCUT2D eigenvalue weighted by atomic mass is 79.9. The molecule has 0 saturated carbocycles. The summed E-state index contributed by atoms with van der Waals surface area (Å²) in [6.07, 6.45) is 2.13. The second-order valence-electron chi connectivity index (χ2n) is 7.80. The van der Waals surface area contributed by atoms with Crippen LogP contribution in [0.15, 0.2) is 46.9 Å². The van der Waals surface area contributed by atoms with E-state index in [2.05, 4.69) is 28.2 Å². The Balaban J connectivity index is 2.22. The van der Waals surface area contributed by atoms with E-state index in [1.165, 1.54) is 17.0 Å². The molecule has 2 atom stereocenters. The summed E-state index contributed by atoms with van der Waals surface area (Å²) >= 11 is 3.49. The molecule has 1 N–H and O–H groups in total. The van der Waals surface area contributed by atoms with Gasteiger partial charge in [0.05, 0.1) is 4.47 Å². The normalized spacial score (nSPS) is 12.7. The second kappa shape index (κ2) is 12.6. The summed E-state index contributed by atoms with van der Waals surface area (Å²) in [5.74, 6) is -0.302. The summed E-state index contributed by atoms with van der Waals surface area (Å²) in [5.41, 5.74) is 1.89. The van der Waals surface area contributed by atoms with Gasteiger partial charge in [-0.25, -0.2) is 4.39 Å². The Bertz CT molecular complexity index is 905. The fraction of sp³-hybridized carbons (Fsp3) is 0.440. The molecule has 0 fully saturated rings. The van der Waals surface area contributed by atoms with Gasteiger partial charge in [0.15, 0.2) is 6.61 Å². The van der Waals surface area contributed by atoms with Gasteiger partial charge in [0.25, 0.3) is 5.91 Å². The third-order valence-corrected chi connectivity index (χ3v) is 6.03. The molecular weight excluding hydrogens is 475 g/mol. The zero-order chi connectivity index (χ0) is 23.7. The van der Waals surface area contributed by atoms with Gasteiger partial charge >= 0.3 is 0 Å². The first-order chi connectivity index (χ1) is 15.3. The van der Waals surface area contributed by atoms with E-state index in [1.54, 1.807) is 12.1 Å². The SMILES string of the molecule is CCc1ccc(OCC(=O)N(Cc2ccc(F)cc2)[C@@H](CC)C(=O)N[C@@H](C)CC)c(Br)c1. The van der Waals surface area contributed by atoms with Crippen LogP contribution in [0.3, 0.4) is 0 Å². The lowest BCUT2D eigenvalue weighted by Gasteiger charge is -2.31. The van der Waals surface area contributed by atoms with Crippen molar-refractivity contribution in [3.05, 3.63) is 63.9 Å². The van der Waals surface area contributed by atoms with Crippen LogP contribution in [0.25, 0.3) is 0 Å². The van der Waals surface area contributed by atoms with Gasteiger partial charge in [-0.3, -0.25) is 9.59 Å². The Kier molecular flexibility index (Phi) is 10.2. The number of carbonyl (C=O) groups is 2. The molecule has 2 aromatic rings.